The van der Waals surface area contributed by atoms with Crippen LogP contribution in [0.1, 0.15) is 19.4 Å². The maximum absolute atomic E-state index is 12.2. The first-order valence-electron chi connectivity index (χ1n) is 8.69. The minimum absolute atomic E-state index is 0. The van der Waals surface area contributed by atoms with E-state index in [1.54, 1.807) is 14.2 Å². The molecule has 166 valence electrons. The zero-order valence-corrected chi connectivity index (χ0v) is 19.4. The monoisotopic (exact) mass is 539 g/mol. The minimum Gasteiger partial charge on any atom is -0.493 e. The highest BCUT2D eigenvalue weighted by Crippen LogP contribution is 2.33. The average Bonchev–Trinajstić information content (AvgIpc) is 2.66. The molecule has 0 saturated carbocycles. The van der Waals surface area contributed by atoms with E-state index in [1.807, 2.05) is 32.0 Å². The second-order valence-corrected chi connectivity index (χ2v) is 6.85. The number of hydrogen-bond donors (Lipinski definition) is 2. The normalized spacial score (nSPS) is 12.0. The third-order valence-corrected chi connectivity index (χ3v) is 4.17. The van der Waals surface area contributed by atoms with Crippen molar-refractivity contribution in [3.63, 3.8) is 0 Å². The van der Waals surface area contributed by atoms with Gasteiger partial charge in [-0.25, -0.2) is 0 Å². The van der Waals surface area contributed by atoms with Gasteiger partial charge in [-0.05, 0) is 42.0 Å². The first kappa shape index (κ1) is 25.7. The molecule has 0 radical (unpaired) electrons. The molecule has 3 N–H and O–H groups in total. The first-order valence-corrected chi connectivity index (χ1v) is 8.69. The zero-order valence-electron chi connectivity index (χ0n) is 17.0. The van der Waals surface area contributed by atoms with E-state index >= 15 is 0 Å². The van der Waals surface area contributed by atoms with Gasteiger partial charge in [0.15, 0.2) is 17.5 Å². The lowest BCUT2D eigenvalue weighted by Crippen LogP contribution is -2.27. The fraction of sp³-hybridized carbons (Fsp3) is 0.350. The van der Waals surface area contributed by atoms with Gasteiger partial charge in [-0.15, -0.1) is 37.1 Å². The summed E-state index contributed by atoms with van der Waals surface area (Å²) in [4.78, 5) is 4.35. The fourth-order valence-corrected chi connectivity index (χ4v) is 2.56. The number of ether oxygens (including phenoxy) is 3. The van der Waals surface area contributed by atoms with Crippen molar-refractivity contribution in [2.75, 3.05) is 26.1 Å². The molecule has 0 aliphatic rings. The van der Waals surface area contributed by atoms with E-state index in [4.69, 9.17) is 15.2 Å². The van der Waals surface area contributed by atoms with Crippen LogP contribution in [0.15, 0.2) is 47.5 Å². The summed E-state index contributed by atoms with van der Waals surface area (Å²) < 4.78 is 51.0. The van der Waals surface area contributed by atoms with E-state index in [2.05, 4.69) is 15.0 Å². The van der Waals surface area contributed by atoms with E-state index < -0.39 is 6.36 Å². The molecule has 0 atom stereocenters. The van der Waals surface area contributed by atoms with Crippen molar-refractivity contribution in [3.05, 3.63) is 48.0 Å². The maximum Gasteiger partial charge on any atom is 0.573 e. The summed E-state index contributed by atoms with van der Waals surface area (Å²) >= 11 is 0. The standard InChI is InChI=1S/C20H24F3N3O3.HI/c1-19(2,13-5-10-16(27-3)17(11-13)28-4)12-25-18(24)26-14-6-8-15(9-7-14)29-20(21,22)23;/h5-11H,12H2,1-4H3,(H3,24,25,26);1H. The Morgan fingerprint density at radius 2 is 1.60 bits per heavy atom. The van der Waals surface area contributed by atoms with Gasteiger partial charge in [0.05, 0.1) is 20.8 Å². The number of benzene rings is 2. The fourth-order valence-electron chi connectivity index (χ4n) is 2.56. The Bertz CT molecular complexity index is 857. The molecule has 0 amide bonds. The van der Waals surface area contributed by atoms with Gasteiger partial charge in [-0.2, -0.15) is 0 Å². The van der Waals surface area contributed by atoms with Crippen molar-refractivity contribution in [3.8, 4) is 17.2 Å². The minimum atomic E-state index is -4.73. The molecule has 0 spiro atoms. The Kier molecular flexibility index (Phi) is 9.07. The summed E-state index contributed by atoms with van der Waals surface area (Å²) in [7, 11) is 3.14. The van der Waals surface area contributed by atoms with Crippen molar-refractivity contribution in [2.45, 2.75) is 25.6 Å². The number of nitrogens with zero attached hydrogens (tertiary/aromatic N) is 1. The quantitative estimate of drug-likeness (QED) is 0.297. The summed E-state index contributed by atoms with van der Waals surface area (Å²) in [5.41, 5.74) is 7.04. The molecule has 0 fully saturated rings. The maximum atomic E-state index is 12.2. The van der Waals surface area contributed by atoms with Crippen LogP contribution >= 0.6 is 24.0 Å². The molecule has 0 aromatic heterocycles. The van der Waals surface area contributed by atoms with Gasteiger partial charge < -0.3 is 25.3 Å². The van der Waals surface area contributed by atoms with Gasteiger partial charge in [-0.3, -0.25) is 4.99 Å². The third kappa shape index (κ3) is 7.47. The van der Waals surface area contributed by atoms with E-state index in [1.165, 1.54) is 24.3 Å². The topological polar surface area (TPSA) is 78.1 Å². The number of halogens is 4. The molecule has 2 aromatic carbocycles. The molecule has 0 aliphatic heterocycles. The summed E-state index contributed by atoms with van der Waals surface area (Å²) in [5, 5.41) is 2.84. The van der Waals surface area contributed by atoms with Gasteiger partial charge in [0, 0.05) is 11.1 Å². The van der Waals surface area contributed by atoms with Crippen molar-refractivity contribution >= 4 is 35.6 Å². The van der Waals surface area contributed by atoms with Crippen molar-refractivity contribution < 1.29 is 27.4 Å². The van der Waals surface area contributed by atoms with Gasteiger partial charge >= 0.3 is 6.36 Å². The number of aliphatic imine (C=N–C) groups is 1. The van der Waals surface area contributed by atoms with Crippen LogP contribution in [-0.2, 0) is 5.41 Å². The first-order chi connectivity index (χ1) is 13.5. The van der Waals surface area contributed by atoms with Crippen LogP contribution in [-0.4, -0.2) is 33.1 Å². The molecule has 2 rings (SSSR count). The van der Waals surface area contributed by atoms with E-state index in [0.717, 1.165) is 5.56 Å². The number of anilines is 1. The van der Waals surface area contributed by atoms with Gasteiger partial charge in [0.1, 0.15) is 5.75 Å². The van der Waals surface area contributed by atoms with Crippen molar-refractivity contribution in [1.29, 1.82) is 0 Å². The lowest BCUT2D eigenvalue weighted by atomic mass is 9.84. The summed E-state index contributed by atoms with van der Waals surface area (Å²) in [6, 6.07) is 10.9. The number of nitrogens with one attached hydrogen (secondary N) is 1. The Hall–Kier alpha value is -2.37. The van der Waals surface area contributed by atoms with Crippen LogP contribution in [0.25, 0.3) is 0 Å². The molecule has 6 nitrogen and oxygen atoms in total. The van der Waals surface area contributed by atoms with E-state index in [-0.39, 0.29) is 41.1 Å². The van der Waals surface area contributed by atoms with Crippen LogP contribution in [0.3, 0.4) is 0 Å². The Morgan fingerprint density at radius 3 is 2.13 bits per heavy atom. The molecule has 30 heavy (non-hydrogen) atoms. The lowest BCUT2D eigenvalue weighted by molar-refractivity contribution is -0.274. The number of guanidine groups is 1. The molecular formula is C20H25F3IN3O3. The summed E-state index contributed by atoms with van der Waals surface area (Å²) in [6.07, 6.45) is -4.73. The van der Waals surface area contributed by atoms with Crippen LogP contribution in [0.2, 0.25) is 0 Å². The zero-order chi connectivity index (χ0) is 21.7. The SMILES string of the molecule is COc1ccc(C(C)(C)CN=C(N)Nc2ccc(OC(F)(F)F)cc2)cc1OC.I. The predicted molar refractivity (Wildman–Crippen MR) is 121 cm³/mol. The summed E-state index contributed by atoms with van der Waals surface area (Å²) in [5.74, 6) is 1.08. The van der Waals surface area contributed by atoms with Crippen LogP contribution in [0.5, 0.6) is 17.2 Å². The van der Waals surface area contributed by atoms with Gasteiger partial charge in [0.2, 0.25) is 0 Å². The highest BCUT2D eigenvalue weighted by molar-refractivity contribution is 14.0. The molecular weight excluding hydrogens is 514 g/mol. The number of nitrogens with two attached hydrogens (primary N) is 1. The number of hydrogen-bond acceptors (Lipinski definition) is 4. The van der Waals surface area contributed by atoms with Crippen molar-refractivity contribution in [1.82, 2.24) is 0 Å². The Balaban J connectivity index is 0.00000450. The molecule has 0 unspecified atom stereocenters. The highest BCUT2D eigenvalue weighted by atomic mass is 127. The molecule has 0 saturated heterocycles. The highest BCUT2D eigenvalue weighted by Gasteiger charge is 2.31. The number of methoxy groups -OCH3 is 2. The molecule has 0 bridgehead atoms. The largest absolute Gasteiger partial charge is 0.573 e. The van der Waals surface area contributed by atoms with Gasteiger partial charge in [-0.1, -0.05) is 19.9 Å². The van der Waals surface area contributed by atoms with Crippen LogP contribution in [0.4, 0.5) is 18.9 Å². The molecule has 0 aliphatic carbocycles. The van der Waals surface area contributed by atoms with E-state index in [9.17, 15) is 13.2 Å². The van der Waals surface area contributed by atoms with Crippen molar-refractivity contribution in [2.24, 2.45) is 10.7 Å². The number of rotatable bonds is 7. The smallest absolute Gasteiger partial charge is 0.493 e. The molecule has 2 aromatic rings. The number of alkyl halides is 3. The second kappa shape index (κ2) is 10.6. The van der Waals surface area contributed by atoms with Gasteiger partial charge in [0.25, 0.3) is 0 Å². The Labute approximate surface area is 190 Å². The van der Waals surface area contributed by atoms with Crippen LogP contribution in [0, 0.1) is 0 Å². The lowest BCUT2D eigenvalue weighted by Gasteiger charge is -2.24. The summed E-state index contributed by atoms with van der Waals surface area (Å²) in [6.45, 7) is 4.39. The second-order valence-electron chi connectivity index (χ2n) is 6.85. The van der Waals surface area contributed by atoms with Crippen LogP contribution < -0.4 is 25.3 Å². The average molecular weight is 539 g/mol. The molecule has 0 heterocycles. The van der Waals surface area contributed by atoms with E-state index in [0.29, 0.717) is 23.7 Å². The Morgan fingerprint density at radius 1 is 1.00 bits per heavy atom. The molecule has 10 heteroatoms. The third-order valence-electron chi connectivity index (χ3n) is 4.17. The predicted octanol–water partition coefficient (Wildman–Crippen LogP) is 4.92.